The molecule has 2 heterocycles. The SMILES string of the molecule is CCc1cccc(OC2CN(C(=O)C3CCCN(CC(N)=O)C3)C2)c1. The van der Waals surface area contributed by atoms with Crippen LogP contribution in [0.25, 0.3) is 0 Å². The van der Waals surface area contributed by atoms with Gasteiger partial charge in [0.25, 0.3) is 0 Å². The summed E-state index contributed by atoms with van der Waals surface area (Å²) in [5.41, 5.74) is 6.51. The highest BCUT2D eigenvalue weighted by Gasteiger charge is 2.37. The lowest BCUT2D eigenvalue weighted by molar-refractivity contribution is -0.146. The molecule has 0 radical (unpaired) electrons. The number of carbonyl (C=O) groups is 2. The molecule has 6 heteroatoms. The molecule has 2 aliphatic rings. The smallest absolute Gasteiger partial charge is 0.231 e. The van der Waals surface area contributed by atoms with E-state index in [0.29, 0.717) is 19.6 Å². The van der Waals surface area contributed by atoms with E-state index < -0.39 is 0 Å². The molecule has 6 nitrogen and oxygen atoms in total. The standard InChI is InChI=1S/C19H27N3O3/c1-2-14-5-3-7-16(9-14)25-17-11-22(12-17)19(24)15-6-4-8-21(10-15)13-18(20)23/h3,5,7,9,15,17H,2,4,6,8,10-13H2,1H3,(H2,20,23). The van der Waals surface area contributed by atoms with Crippen molar-refractivity contribution in [3.8, 4) is 5.75 Å². The fourth-order valence-electron chi connectivity index (χ4n) is 3.60. The van der Waals surface area contributed by atoms with Gasteiger partial charge in [0.05, 0.1) is 25.6 Å². The summed E-state index contributed by atoms with van der Waals surface area (Å²) in [7, 11) is 0. The number of ether oxygens (including phenoxy) is 1. The van der Waals surface area contributed by atoms with Crippen molar-refractivity contribution in [3.05, 3.63) is 29.8 Å². The molecule has 2 N–H and O–H groups in total. The van der Waals surface area contributed by atoms with Gasteiger partial charge in [-0.2, -0.15) is 0 Å². The summed E-state index contributed by atoms with van der Waals surface area (Å²) >= 11 is 0. The van der Waals surface area contributed by atoms with Crippen LogP contribution in [0.4, 0.5) is 0 Å². The predicted molar refractivity (Wildman–Crippen MR) is 95.2 cm³/mol. The van der Waals surface area contributed by atoms with E-state index >= 15 is 0 Å². The lowest BCUT2D eigenvalue weighted by atomic mass is 9.95. The summed E-state index contributed by atoms with van der Waals surface area (Å²) in [6.07, 6.45) is 2.87. The number of nitrogens with zero attached hydrogens (tertiary/aromatic N) is 2. The zero-order valence-electron chi connectivity index (χ0n) is 14.8. The summed E-state index contributed by atoms with van der Waals surface area (Å²) < 4.78 is 5.97. The fraction of sp³-hybridized carbons (Fsp3) is 0.579. The van der Waals surface area contributed by atoms with Gasteiger partial charge in [0, 0.05) is 6.54 Å². The summed E-state index contributed by atoms with van der Waals surface area (Å²) in [4.78, 5) is 27.6. The van der Waals surface area contributed by atoms with E-state index in [2.05, 4.69) is 19.1 Å². The number of rotatable bonds is 6. The molecular weight excluding hydrogens is 318 g/mol. The van der Waals surface area contributed by atoms with Crippen molar-refractivity contribution in [2.45, 2.75) is 32.3 Å². The summed E-state index contributed by atoms with van der Waals surface area (Å²) in [5, 5.41) is 0. The van der Waals surface area contributed by atoms with Crippen LogP contribution in [-0.2, 0) is 16.0 Å². The van der Waals surface area contributed by atoms with Crippen molar-refractivity contribution in [1.82, 2.24) is 9.80 Å². The number of piperidine rings is 1. The Bertz CT molecular complexity index is 628. The van der Waals surface area contributed by atoms with Gasteiger partial charge >= 0.3 is 0 Å². The molecule has 1 unspecified atom stereocenters. The number of primary amides is 1. The number of benzene rings is 1. The van der Waals surface area contributed by atoms with Gasteiger partial charge in [-0.3, -0.25) is 14.5 Å². The van der Waals surface area contributed by atoms with E-state index in [1.165, 1.54) is 5.56 Å². The molecule has 2 saturated heterocycles. The first-order valence-electron chi connectivity index (χ1n) is 9.10. The predicted octanol–water partition coefficient (Wildman–Crippen LogP) is 1.04. The molecule has 2 amide bonds. The number of hydrogen-bond acceptors (Lipinski definition) is 4. The first-order valence-corrected chi connectivity index (χ1v) is 9.10. The van der Waals surface area contributed by atoms with Crippen molar-refractivity contribution >= 4 is 11.8 Å². The maximum Gasteiger partial charge on any atom is 0.231 e. The third-order valence-electron chi connectivity index (χ3n) is 5.00. The largest absolute Gasteiger partial charge is 0.487 e. The van der Waals surface area contributed by atoms with Gasteiger partial charge in [0.1, 0.15) is 11.9 Å². The third kappa shape index (κ3) is 4.51. The molecule has 1 aromatic carbocycles. The molecule has 25 heavy (non-hydrogen) atoms. The van der Waals surface area contributed by atoms with Gasteiger partial charge in [-0.1, -0.05) is 19.1 Å². The average Bonchev–Trinajstić information content (AvgIpc) is 2.57. The molecule has 0 bridgehead atoms. The Labute approximate surface area is 148 Å². The van der Waals surface area contributed by atoms with Gasteiger partial charge in [0.15, 0.2) is 0 Å². The highest BCUT2D eigenvalue weighted by atomic mass is 16.5. The van der Waals surface area contributed by atoms with Crippen LogP contribution in [0.15, 0.2) is 24.3 Å². The lowest BCUT2D eigenvalue weighted by Gasteiger charge is -2.42. The number of hydrogen-bond donors (Lipinski definition) is 1. The van der Waals surface area contributed by atoms with E-state index in [1.54, 1.807) is 0 Å². The Balaban J connectivity index is 1.47. The normalized spacial score (nSPS) is 21.6. The minimum absolute atomic E-state index is 0.0301. The Morgan fingerprint density at radius 3 is 2.80 bits per heavy atom. The molecule has 2 aliphatic heterocycles. The van der Waals surface area contributed by atoms with Crippen molar-refractivity contribution in [2.24, 2.45) is 11.7 Å². The van der Waals surface area contributed by atoms with E-state index in [1.807, 2.05) is 21.9 Å². The summed E-state index contributed by atoms with van der Waals surface area (Å²) in [6, 6.07) is 8.12. The molecule has 0 spiro atoms. The van der Waals surface area contributed by atoms with Crippen molar-refractivity contribution in [3.63, 3.8) is 0 Å². The lowest BCUT2D eigenvalue weighted by Crippen LogP contribution is -2.59. The second-order valence-corrected chi connectivity index (χ2v) is 7.02. The quantitative estimate of drug-likeness (QED) is 0.836. The molecule has 0 saturated carbocycles. The van der Waals surface area contributed by atoms with Crippen LogP contribution in [0.1, 0.15) is 25.3 Å². The first-order chi connectivity index (χ1) is 12.0. The Morgan fingerprint density at radius 2 is 2.08 bits per heavy atom. The fourth-order valence-corrected chi connectivity index (χ4v) is 3.60. The number of aryl methyl sites for hydroxylation is 1. The number of amides is 2. The highest BCUT2D eigenvalue weighted by molar-refractivity contribution is 5.80. The molecule has 0 aliphatic carbocycles. The maximum atomic E-state index is 12.6. The zero-order chi connectivity index (χ0) is 17.8. The van der Waals surface area contributed by atoms with Gasteiger partial charge in [-0.15, -0.1) is 0 Å². The highest BCUT2D eigenvalue weighted by Crippen LogP contribution is 2.24. The van der Waals surface area contributed by atoms with E-state index in [4.69, 9.17) is 10.5 Å². The molecule has 3 rings (SSSR count). The van der Waals surface area contributed by atoms with E-state index in [9.17, 15) is 9.59 Å². The first kappa shape index (κ1) is 17.7. The Morgan fingerprint density at radius 1 is 1.28 bits per heavy atom. The van der Waals surface area contributed by atoms with Crippen LogP contribution in [0.5, 0.6) is 5.75 Å². The second-order valence-electron chi connectivity index (χ2n) is 7.02. The second kappa shape index (κ2) is 7.87. The molecule has 1 atom stereocenters. The van der Waals surface area contributed by atoms with E-state index in [-0.39, 0.29) is 30.4 Å². The molecule has 1 aromatic rings. The van der Waals surface area contributed by atoms with Crippen LogP contribution >= 0.6 is 0 Å². The number of carbonyl (C=O) groups excluding carboxylic acids is 2. The Hall–Kier alpha value is -2.08. The maximum absolute atomic E-state index is 12.6. The van der Waals surface area contributed by atoms with Crippen LogP contribution in [-0.4, -0.2) is 60.4 Å². The molecule has 0 aromatic heterocycles. The minimum atomic E-state index is -0.333. The van der Waals surface area contributed by atoms with Crippen LogP contribution in [0.3, 0.4) is 0 Å². The minimum Gasteiger partial charge on any atom is -0.487 e. The van der Waals surface area contributed by atoms with Crippen LogP contribution in [0.2, 0.25) is 0 Å². The monoisotopic (exact) mass is 345 g/mol. The van der Waals surface area contributed by atoms with E-state index in [0.717, 1.165) is 31.6 Å². The zero-order valence-corrected chi connectivity index (χ0v) is 14.8. The molecular formula is C19H27N3O3. The van der Waals surface area contributed by atoms with Gasteiger partial charge in [-0.05, 0) is 43.5 Å². The van der Waals surface area contributed by atoms with Crippen molar-refractivity contribution < 1.29 is 14.3 Å². The Kier molecular flexibility index (Phi) is 5.58. The molecule has 2 fully saturated rings. The summed E-state index contributed by atoms with van der Waals surface area (Å²) in [5.74, 6) is 0.690. The molecule has 136 valence electrons. The third-order valence-corrected chi connectivity index (χ3v) is 5.00. The van der Waals surface area contributed by atoms with Crippen LogP contribution < -0.4 is 10.5 Å². The van der Waals surface area contributed by atoms with Crippen molar-refractivity contribution in [1.29, 1.82) is 0 Å². The van der Waals surface area contributed by atoms with Crippen molar-refractivity contribution in [2.75, 3.05) is 32.7 Å². The average molecular weight is 345 g/mol. The van der Waals surface area contributed by atoms with Crippen LogP contribution in [0, 0.1) is 5.92 Å². The number of likely N-dealkylation sites (tertiary alicyclic amines) is 2. The van der Waals surface area contributed by atoms with Gasteiger partial charge < -0.3 is 15.4 Å². The summed E-state index contributed by atoms with van der Waals surface area (Å²) in [6.45, 7) is 5.11. The van der Waals surface area contributed by atoms with Gasteiger partial charge in [-0.25, -0.2) is 0 Å². The number of nitrogens with two attached hydrogens (primary N) is 1. The topological polar surface area (TPSA) is 75.9 Å². The van der Waals surface area contributed by atoms with Gasteiger partial charge in [0.2, 0.25) is 11.8 Å².